The Bertz CT molecular complexity index is 1310. The minimum Gasteiger partial charge on any atom is -0.326 e. The maximum atomic E-state index is 12.5. The molecule has 166 valence electrons. The molecule has 0 heterocycles. The fraction of sp³-hybridized carbons (Fsp3) is 0.0909. The Balaban J connectivity index is 1.68. The third-order valence-electron chi connectivity index (χ3n) is 4.37. The molecule has 0 atom stereocenters. The molecule has 0 saturated carbocycles. The van der Waals surface area contributed by atoms with E-state index in [9.17, 15) is 18.0 Å². The first-order valence-corrected chi connectivity index (χ1v) is 13.0. The van der Waals surface area contributed by atoms with Crippen LogP contribution in [0.15, 0.2) is 74.5 Å². The highest BCUT2D eigenvalue weighted by Crippen LogP contribution is 2.27. The molecule has 3 rings (SSSR count). The summed E-state index contributed by atoms with van der Waals surface area (Å²) in [5, 5.41) is 5.64. The van der Waals surface area contributed by atoms with Crippen molar-refractivity contribution in [2.45, 2.75) is 11.3 Å². The summed E-state index contributed by atoms with van der Waals surface area (Å²) in [4.78, 5) is 24.9. The van der Waals surface area contributed by atoms with E-state index < -0.39 is 15.7 Å². The van der Waals surface area contributed by atoms with E-state index in [0.717, 1.165) is 20.8 Å². The first-order chi connectivity index (χ1) is 15.0. The van der Waals surface area contributed by atoms with E-state index in [4.69, 9.17) is 11.6 Å². The number of carbonyl (C=O) groups is 2. The molecule has 3 aromatic carbocycles. The number of anilines is 2. The smallest absolute Gasteiger partial charge is 0.255 e. The Morgan fingerprint density at radius 2 is 1.69 bits per heavy atom. The maximum absolute atomic E-state index is 12.5. The molecule has 0 unspecified atom stereocenters. The molecule has 0 fully saturated rings. The van der Waals surface area contributed by atoms with Crippen LogP contribution in [-0.2, 0) is 21.1 Å². The number of nitrogens with one attached hydrogen (secondary N) is 2. The Labute approximate surface area is 207 Å². The van der Waals surface area contributed by atoms with Gasteiger partial charge >= 0.3 is 0 Å². The Morgan fingerprint density at radius 3 is 2.34 bits per heavy atom. The highest BCUT2D eigenvalue weighted by Gasteiger charge is 2.14. The van der Waals surface area contributed by atoms with Gasteiger partial charge in [-0.15, -0.1) is 0 Å². The normalized spacial score (nSPS) is 11.1. The van der Waals surface area contributed by atoms with Crippen LogP contribution in [0.5, 0.6) is 0 Å². The molecule has 0 bridgehead atoms. The summed E-state index contributed by atoms with van der Waals surface area (Å²) in [6.07, 6.45) is 1.25. The molecule has 6 nitrogen and oxygen atoms in total. The van der Waals surface area contributed by atoms with Crippen molar-refractivity contribution in [2.24, 2.45) is 0 Å². The average molecular weight is 601 g/mol. The highest BCUT2D eigenvalue weighted by molar-refractivity contribution is 9.13. The third kappa shape index (κ3) is 6.41. The number of hydrogen-bond donors (Lipinski definition) is 2. The Kier molecular flexibility index (Phi) is 7.76. The summed E-state index contributed by atoms with van der Waals surface area (Å²) >= 11 is 13.1. The summed E-state index contributed by atoms with van der Waals surface area (Å²) in [6, 6.07) is 16.0. The van der Waals surface area contributed by atoms with E-state index in [1.165, 1.54) is 30.3 Å². The highest BCUT2D eigenvalue weighted by atomic mass is 79.9. The third-order valence-corrected chi connectivity index (χ3v) is 7.68. The zero-order valence-corrected chi connectivity index (χ0v) is 21.4. The average Bonchev–Trinajstić information content (AvgIpc) is 2.72. The molecule has 0 saturated heterocycles. The second-order valence-electron chi connectivity index (χ2n) is 6.92. The van der Waals surface area contributed by atoms with E-state index in [2.05, 4.69) is 42.5 Å². The molecule has 0 aliphatic heterocycles. The number of hydrogen-bond acceptors (Lipinski definition) is 4. The van der Waals surface area contributed by atoms with Crippen molar-refractivity contribution < 1.29 is 18.0 Å². The zero-order valence-electron chi connectivity index (χ0n) is 16.7. The minimum absolute atomic E-state index is 0.0483. The number of rotatable bonds is 6. The van der Waals surface area contributed by atoms with Gasteiger partial charge in [0.2, 0.25) is 5.91 Å². The summed E-state index contributed by atoms with van der Waals surface area (Å²) in [6.45, 7) is 0. The second-order valence-corrected chi connectivity index (χ2v) is 11.1. The van der Waals surface area contributed by atoms with Crippen LogP contribution in [0.3, 0.4) is 0 Å². The molecule has 0 aliphatic carbocycles. The molecule has 0 spiro atoms. The van der Waals surface area contributed by atoms with Gasteiger partial charge in [-0.25, -0.2) is 8.42 Å². The van der Waals surface area contributed by atoms with Gasteiger partial charge in [0.15, 0.2) is 9.84 Å². The van der Waals surface area contributed by atoms with Crippen LogP contribution in [0.25, 0.3) is 0 Å². The lowest BCUT2D eigenvalue weighted by Crippen LogP contribution is -2.15. The van der Waals surface area contributed by atoms with Gasteiger partial charge in [0.05, 0.1) is 22.0 Å². The van der Waals surface area contributed by atoms with Crippen molar-refractivity contribution in [1.82, 2.24) is 0 Å². The summed E-state index contributed by atoms with van der Waals surface area (Å²) < 4.78 is 25.2. The second kappa shape index (κ2) is 10.2. The lowest BCUT2D eigenvalue weighted by Gasteiger charge is -2.11. The first-order valence-electron chi connectivity index (χ1n) is 9.18. The predicted octanol–water partition coefficient (Wildman–Crippen LogP) is 5.70. The van der Waals surface area contributed by atoms with E-state index in [1.807, 2.05) is 18.2 Å². The van der Waals surface area contributed by atoms with Gasteiger partial charge in [-0.2, -0.15) is 0 Å². The summed E-state index contributed by atoms with van der Waals surface area (Å²) in [5.74, 6) is -0.723. The predicted molar refractivity (Wildman–Crippen MR) is 133 cm³/mol. The maximum Gasteiger partial charge on any atom is 0.255 e. The quantitative estimate of drug-likeness (QED) is 0.380. The number of sulfone groups is 1. The zero-order chi connectivity index (χ0) is 23.5. The van der Waals surface area contributed by atoms with Gasteiger partial charge in [0.25, 0.3) is 5.91 Å². The van der Waals surface area contributed by atoms with E-state index in [1.54, 1.807) is 12.1 Å². The lowest BCUT2D eigenvalue weighted by atomic mass is 10.1. The van der Waals surface area contributed by atoms with Crippen molar-refractivity contribution in [3.8, 4) is 0 Å². The lowest BCUT2D eigenvalue weighted by molar-refractivity contribution is -0.115. The molecular weight excluding hydrogens is 584 g/mol. The molecule has 2 N–H and O–H groups in total. The Morgan fingerprint density at radius 1 is 0.938 bits per heavy atom. The summed E-state index contributed by atoms with van der Waals surface area (Å²) in [7, 11) is -3.44. The molecule has 32 heavy (non-hydrogen) atoms. The topological polar surface area (TPSA) is 92.3 Å². The fourth-order valence-corrected chi connectivity index (χ4v) is 4.36. The van der Waals surface area contributed by atoms with Crippen molar-refractivity contribution in [2.75, 3.05) is 16.9 Å². The number of benzene rings is 3. The van der Waals surface area contributed by atoms with Gasteiger partial charge < -0.3 is 10.6 Å². The first kappa shape index (κ1) is 24.4. The summed E-state index contributed by atoms with van der Waals surface area (Å²) in [5.41, 5.74) is 1.83. The van der Waals surface area contributed by atoms with E-state index in [0.29, 0.717) is 11.4 Å². The standard InChI is InChI=1S/C22H17Br2ClN2O4S/c1-32(30,31)16-4-2-3-14(11-16)22(29)27-20-8-6-15(12-19(20)25)26-21(28)10-13-5-7-17(23)18(24)9-13/h2-9,11-12H,10H2,1H3,(H,26,28)(H,27,29). The molecule has 3 aromatic rings. The largest absolute Gasteiger partial charge is 0.326 e. The molecule has 0 aliphatic rings. The SMILES string of the molecule is CS(=O)(=O)c1cccc(C(=O)Nc2ccc(NC(=O)Cc3ccc(Br)c(Br)c3)cc2Cl)c1. The van der Waals surface area contributed by atoms with E-state index in [-0.39, 0.29) is 27.8 Å². The van der Waals surface area contributed by atoms with Crippen LogP contribution >= 0.6 is 43.5 Å². The number of halogens is 3. The van der Waals surface area contributed by atoms with Crippen molar-refractivity contribution >= 4 is 76.5 Å². The van der Waals surface area contributed by atoms with Gasteiger partial charge in [0, 0.05) is 26.5 Å². The molecule has 10 heteroatoms. The van der Waals surface area contributed by atoms with Crippen LogP contribution in [0.2, 0.25) is 5.02 Å². The van der Waals surface area contributed by atoms with Crippen molar-refractivity contribution in [1.29, 1.82) is 0 Å². The number of amides is 2. The van der Waals surface area contributed by atoms with Crippen LogP contribution in [-0.4, -0.2) is 26.5 Å². The van der Waals surface area contributed by atoms with Crippen LogP contribution in [0.4, 0.5) is 11.4 Å². The molecule has 2 amide bonds. The van der Waals surface area contributed by atoms with Crippen molar-refractivity contribution in [3.05, 3.63) is 85.8 Å². The van der Waals surface area contributed by atoms with Crippen LogP contribution in [0.1, 0.15) is 15.9 Å². The fourth-order valence-electron chi connectivity index (χ4n) is 2.80. The minimum atomic E-state index is -3.44. The Hall–Kier alpha value is -2.20. The van der Waals surface area contributed by atoms with Crippen LogP contribution in [0, 0.1) is 0 Å². The van der Waals surface area contributed by atoms with Crippen LogP contribution < -0.4 is 10.6 Å². The van der Waals surface area contributed by atoms with Gasteiger partial charge in [-0.05, 0) is 86.0 Å². The van der Waals surface area contributed by atoms with Gasteiger partial charge in [-0.1, -0.05) is 23.7 Å². The molecular formula is C22H17Br2ClN2O4S. The monoisotopic (exact) mass is 598 g/mol. The van der Waals surface area contributed by atoms with E-state index >= 15 is 0 Å². The van der Waals surface area contributed by atoms with Crippen molar-refractivity contribution in [3.63, 3.8) is 0 Å². The molecule has 0 radical (unpaired) electrons. The molecule has 0 aromatic heterocycles. The van der Waals surface area contributed by atoms with Gasteiger partial charge in [-0.3, -0.25) is 9.59 Å². The van der Waals surface area contributed by atoms with Gasteiger partial charge in [0.1, 0.15) is 0 Å². The number of carbonyl (C=O) groups excluding carboxylic acids is 2.